The van der Waals surface area contributed by atoms with E-state index in [1.807, 2.05) is 0 Å². The van der Waals surface area contributed by atoms with Crippen LogP contribution in [0.3, 0.4) is 0 Å². The lowest BCUT2D eigenvalue weighted by Gasteiger charge is -2.24. The summed E-state index contributed by atoms with van der Waals surface area (Å²) < 4.78 is 13.0. The molecule has 5 nitrogen and oxygen atoms in total. The van der Waals surface area contributed by atoms with Crippen LogP contribution in [0.15, 0.2) is 24.3 Å². The average Bonchev–Trinajstić information content (AvgIpc) is 2.89. The molecule has 0 aliphatic rings. The highest BCUT2D eigenvalue weighted by molar-refractivity contribution is 7.17. The Bertz CT molecular complexity index is 742. The number of carboxylic acid groups (broad SMARTS) is 1. The van der Waals surface area contributed by atoms with Gasteiger partial charge >= 0.3 is 5.97 Å². The largest absolute Gasteiger partial charge is 0.480 e. The third-order valence-electron chi connectivity index (χ3n) is 3.66. The Balaban J connectivity index is 2.29. The average molecular weight is 336 g/mol. The molecule has 7 heteroatoms. The van der Waals surface area contributed by atoms with Crippen LogP contribution < -0.4 is 5.32 Å². The predicted molar refractivity (Wildman–Crippen MR) is 86.0 cm³/mol. The molecule has 0 saturated heterocycles. The van der Waals surface area contributed by atoms with Crippen molar-refractivity contribution in [2.45, 2.75) is 32.7 Å². The van der Waals surface area contributed by atoms with E-state index in [0.29, 0.717) is 21.1 Å². The van der Waals surface area contributed by atoms with Crippen molar-refractivity contribution in [2.24, 2.45) is 0 Å². The summed E-state index contributed by atoms with van der Waals surface area (Å²) in [5.74, 6) is -1.91. The summed E-state index contributed by atoms with van der Waals surface area (Å²) in [6, 6.07) is 5.82. The first-order valence-electron chi connectivity index (χ1n) is 7.06. The zero-order valence-electron chi connectivity index (χ0n) is 13.0. The van der Waals surface area contributed by atoms with Gasteiger partial charge in [-0.05, 0) is 44.5 Å². The Morgan fingerprint density at radius 2 is 1.96 bits per heavy atom. The first kappa shape index (κ1) is 17.1. The summed E-state index contributed by atoms with van der Waals surface area (Å²) in [7, 11) is 0. The maximum absolute atomic E-state index is 13.0. The number of aliphatic carboxylic acids is 1. The molecule has 0 aliphatic heterocycles. The molecule has 2 rings (SSSR count). The van der Waals surface area contributed by atoms with Crippen molar-refractivity contribution >= 4 is 23.2 Å². The highest BCUT2D eigenvalue weighted by Crippen LogP contribution is 2.28. The van der Waals surface area contributed by atoms with Gasteiger partial charge in [0.1, 0.15) is 21.2 Å². The van der Waals surface area contributed by atoms with Crippen LogP contribution in [-0.2, 0) is 4.79 Å². The minimum absolute atomic E-state index is 0.261. The number of nitrogens with one attached hydrogen (secondary N) is 1. The molecule has 1 amide bonds. The molecule has 122 valence electrons. The zero-order valence-corrected chi connectivity index (χ0v) is 13.8. The van der Waals surface area contributed by atoms with Crippen LogP contribution in [-0.4, -0.2) is 27.5 Å². The predicted octanol–water partition coefficient (Wildman–Crippen LogP) is 3.24. The Morgan fingerprint density at radius 3 is 2.48 bits per heavy atom. The molecule has 0 fully saturated rings. The first-order chi connectivity index (χ1) is 10.8. The van der Waals surface area contributed by atoms with Crippen LogP contribution in [0.4, 0.5) is 4.39 Å². The zero-order chi connectivity index (χ0) is 17.2. The first-order valence-corrected chi connectivity index (χ1v) is 7.87. The molecule has 2 N–H and O–H groups in total. The van der Waals surface area contributed by atoms with Crippen LogP contribution in [0, 0.1) is 12.7 Å². The van der Waals surface area contributed by atoms with Crippen LogP contribution in [0.5, 0.6) is 0 Å². The highest BCUT2D eigenvalue weighted by Gasteiger charge is 2.34. The number of carbonyl (C=O) groups is 2. The van der Waals surface area contributed by atoms with Crippen molar-refractivity contribution in [3.63, 3.8) is 0 Å². The van der Waals surface area contributed by atoms with Gasteiger partial charge in [-0.2, -0.15) is 0 Å². The molecule has 1 aromatic carbocycles. The SMILES string of the molecule is CCC(C)(NC(=O)c1sc(-c2ccc(F)cc2)nc1C)C(=O)O. The normalized spacial score (nSPS) is 13.4. The van der Waals surface area contributed by atoms with Crippen molar-refractivity contribution < 1.29 is 19.1 Å². The highest BCUT2D eigenvalue weighted by atomic mass is 32.1. The number of nitrogens with zero attached hydrogens (tertiary/aromatic N) is 1. The third-order valence-corrected chi connectivity index (χ3v) is 4.87. The van der Waals surface area contributed by atoms with Gasteiger partial charge in [-0.25, -0.2) is 14.2 Å². The van der Waals surface area contributed by atoms with E-state index in [2.05, 4.69) is 10.3 Å². The Labute approximate surface area is 137 Å². The number of benzene rings is 1. The summed E-state index contributed by atoms with van der Waals surface area (Å²) >= 11 is 1.15. The van der Waals surface area contributed by atoms with Crippen LogP contribution >= 0.6 is 11.3 Å². The third kappa shape index (κ3) is 3.56. The number of rotatable bonds is 5. The second-order valence-electron chi connectivity index (χ2n) is 5.39. The van der Waals surface area contributed by atoms with Gasteiger partial charge in [0, 0.05) is 5.56 Å². The number of hydrogen-bond donors (Lipinski definition) is 2. The van der Waals surface area contributed by atoms with E-state index in [9.17, 15) is 19.1 Å². The minimum atomic E-state index is -1.33. The number of carbonyl (C=O) groups excluding carboxylic acids is 1. The molecule has 0 aliphatic carbocycles. The lowest BCUT2D eigenvalue weighted by molar-refractivity contribution is -0.143. The van der Waals surface area contributed by atoms with Crippen LogP contribution in [0.25, 0.3) is 10.6 Å². The second kappa shape index (κ2) is 6.45. The summed E-state index contributed by atoms with van der Waals surface area (Å²) in [4.78, 5) is 28.4. The van der Waals surface area contributed by atoms with Crippen molar-refractivity contribution in [3.05, 3.63) is 40.7 Å². The van der Waals surface area contributed by atoms with Gasteiger partial charge in [0.05, 0.1) is 5.69 Å². The van der Waals surface area contributed by atoms with E-state index in [1.165, 1.54) is 19.1 Å². The van der Waals surface area contributed by atoms with Crippen molar-refractivity contribution in [1.82, 2.24) is 10.3 Å². The van der Waals surface area contributed by atoms with Crippen molar-refractivity contribution in [2.75, 3.05) is 0 Å². The number of hydrogen-bond acceptors (Lipinski definition) is 4. The standard InChI is InChI=1S/C16H17FN2O3S/c1-4-16(3,15(21)22)19-13(20)12-9(2)18-14(23-12)10-5-7-11(17)8-6-10/h5-8H,4H2,1-3H3,(H,19,20)(H,21,22). The Morgan fingerprint density at radius 1 is 1.35 bits per heavy atom. The number of aryl methyl sites for hydroxylation is 1. The maximum atomic E-state index is 13.0. The topological polar surface area (TPSA) is 79.3 Å². The summed E-state index contributed by atoms with van der Waals surface area (Å²) in [5.41, 5.74) is -0.116. The molecule has 2 aromatic rings. The van der Waals surface area contributed by atoms with E-state index in [-0.39, 0.29) is 12.2 Å². The van der Waals surface area contributed by atoms with Crippen molar-refractivity contribution in [3.8, 4) is 10.6 Å². The van der Waals surface area contributed by atoms with Gasteiger partial charge in [0.2, 0.25) is 0 Å². The summed E-state index contributed by atoms with van der Waals surface area (Å²) in [6.07, 6.45) is 0.261. The Kier molecular flexibility index (Phi) is 4.79. The maximum Gasteiger partial charge on any atom is 0.329 e. The molecule has 1 heterocycles. The minimum Gasteiger partial charge on any atom is -0.480 e. The quantitative estimate of drug-likeness (QED) is 0.878. The fraction of sp³-hybridized carbons (Fsp3) is 0.312. The molecular formula is C16H17FN2O3S. The number of aromatic nitrogens is 1. The van der Waals surface area contributed by atoms with Crippen LogP contribution in [0.2, 0.25) is 0 Å². The molecule has 0 radical (unpaired) electrons. The Hall–Kier alpha value is -2.28. The van der Waals surface area contributed by atoms with E-state index >= 15 is 0 Å². The van der Waals surface area contributed by atoms with Crippen molar-refractivity contribution in [1.29, 1.82) is 0 Å². The van der Waals surface area contributed by atoms with E-state index in [4.69, 9.17) is 0 Å². The molecule has 0 bridgehead atoms. The lowest BCUT2D eigenvalue weighted by atomic mass is 9.99. The molecule has 0 spiro atoms. The van der Waals surface area contributed by atoms with Gasteiger partial charge in [-0.3, -0.25) is 4.79 Å². The number of amides is 1. The molecule has 23 heavy (non-hydrogen) atoms. The van der Waals surface area contributed by atoms with Gasteiger partial charge in [0.15, 0.2) is 0 Å². The molecule has 1 aromatic heterocycles. The van der Waals surface area contributed by atoms with Gasteiger partial charge in [0.25, 0.3) is 5.91 Å². The monoisotopic (exact) mass is 336 g/mol. The smallest absolute Gasteiger partial charge is 0.329 e. The van der Waals surface area contributed by atoms with Gasteiger partial charge in [-0.15, -0.1) is 11.3 Å². The lowest BCUT2D eigenvalue weighted by Crippen LogP contribution is -2.51. The van der Waals surface area contributed by atoms with E-state index < -0.39 is 17.4 Å². The number of thiazole rings is 1. The second-order valence-corrected chi connectivity index (χ2v) is 6.38. The summed E-state index contributed by atoms with van der Waals surface area (Å²) in [6.45, 7) is 4.84. The molecular weight excluding hydrogens is 319 g/mol. The van der Waals surface area contributed by atoms with Crippen LogP contribution in [0.1, 0.15) is 35.6 Å². The fourth-order valence-electron chi connectivity index (χ4n) is 1.92. The molecule has 1 atom stereocenters. The summed E-state index contributed by atoms with van der Waals surface area (Å²) in [5, 5.41) is 12.4. The van der Waals surface area contributed by atoms with Gasteiger partial charge in [-0.1, -0.05) is 6.92 Å². The van der Waals surface area contributed by atoms with E-state index in [1.54, 1.807) is 26.0 Å². The van der Waals surface area contributed by atoms with E-state index in [0.717, 1.165) is 11.3 Å². The molecule has 0 saturated carbocycles. The number of carboxylic acids is 1. The molecule has 1 unspecified atom stereocenters. The number of halogens is 1. The fourth-order valence-corrected chi connectivity index (χ4v) is 2.89. The van der Waals surface area contributed by atoms with Gasteiger partial charge < -0.3 is 10.4 Å².